The van der Waals surface area contributed by atoms with Gasteiger partial charge in [0.05, 0.1) is 12.1 Å². The predicted molar refractivity (Wildman–Crippen MR) is 132 cm³/mol. The summed E-state index contributed by atoms with van der Waals surface area (Å²) in [5.41, 5.74) is 7.84. The smallest absolute Gasteiger partial charge is 0.191 e. The van der Waals surface area contributed by atoms with Gasteiger partial charge in [0.15, 0.2) is 34.2 Å². The molecule has 0 unspecified atom stereocenters. The Kier molecular flexibility index (Phi) is 5.99. The van der Waals surface area contributed by atoms with Crippen LogP contribution in [0.5, 0.6) is 0 Å². The normalized spacial score (nSPS) is 31.8. The van der Waals surface area contributed by atoms with Crippen molar-refractivity contribution in [1.82, 2.24) is 15.5 Å². The zero-order chi connectivity index (χ0) is 25.2. The molecule has 194 valence electrons. The van der Waals surface area contributed by atoms with Gasteiger partial charge in [-0.2, -0.15) is 0 Å². The minimum absolute atomic E-state index is 0.0405. The summed E-state index contributed by atoms with van der Waals surface area (Å²) in [6, 6.07) is 3.90. The molecule has 12 heteroatoms. The Morgan fingerprint density at radius 3 is 2.78 bits per heavy atom. The van der Waals surface area contributed by atoms with Gasteiger partial charge in [-0.25, -0.2) is 18.7 Å². The summed E-state index contributed by atoms with van der Waals surface area (Å²) in [4.78, 5) is 9.58. The molecule has 9 nitrogen and oxygen atoms in total. The van der Waals surface area contributed by atoms with E-state index in [9.17, 15) is 13.9 Å². The van der Waals surface area contributed by atoms with E-state index in [1.165, 1.54) is 12.1 Å². The van der Waals surface area contributed by atoms with Gasteiger partial charge < -0.3 is 19.9 Å². The third kappa shape index (κ3) is 4.28. The van der Waals surface area contributed by atoms with Crippen molar-refractivity contribution >= 4 is 29.1 Å². The van der Waals surface area contributed by atoms with Crippen molar-refractivity contribution in [2.24, 2.45) is 0 Å². The van der Waals surface area contributed by atoms with Crippen LogP contribution in [0.25, 0.3) is 0 Å². The third-order valence-corrected chi connectivity index (χ3v) is 8.11. The lowest BCUT2D eigenvalue weighted by Crippen LogP contribution is -2.50. The van der Waals surface area contributed by atoms with E-state index in [2.05, 4.69) is 23.2 Å². The van der Waals surface area contributed by atoms with Crippen molar-refractivity contribution in [3.05, 3.63) is 35.4 Å². The molecule has 6 rings (SSSR count). The van der Waals surface area contributed by atoms with E-state index in [1.54, 1.807) is 17.8 Å². The van der Waals surface area contributed by atoms with Crippen LogP contribution >= 0.6 is 11.8 Å². The van der Waals surface area contributed by atoms with Gasteiger partial charge in [-0.3, -0.25) is 10.4 Å². The Hall–Kier alpha value is -2.25. The Morgan fingerprint density at radius 1 is 1.19 bits per heavy atom. The van der Waals surface area contributed by atoms with Crippen molar-refractivity contribution in [1.29, 1.82) is 0 Å². The van der Waals surface area contributed by atoms with Gasteiger partial charge in [0.25, 0.3) is 0 Å². The number of aliphatic hydroxyl groups excluding tert-OH is 1. The number of nitrogens with zero attached hydrogens (tertiary/aromatic N) is 3. The van der Waals surface area contributed by atoms with E-state index in [-0.39, 0.29) is 24.1 Å². The highest BCUT2D eigenvalue weighted by Gasteiger charge is 2.56. The van der Waals surface area contributed by atoms with Crippen LogP contribution in [-0.4, -0.2) is 57.0 Å². The molecule has 2 aromatic rings. The maximum atomic E-state index is 13.8. The molecule has 6 atom stereocenters. The number of benzene rings is 1. The van der Waals surface area contributed by atoms with E-state index in [1.807, 2.05) is 18.9 Å². The second-order valence-electron chi connectivity index (χ2n) is 10.2. The standard InChI is InChI=1S/C24H30F2N6O3S/c1-4-7-36-23-28-21(27-15-9-12(15)11-5-6-13(25)14(26)8-11)18-22(29-23)32(31-30-18)16-10-17(33)20-19(16)34-24(2,3)35-20/h5-6,8,12,15-17,19-20,30-31,33H,4,7,9-10H2,1-3H3,(H,27,28,29)/t12-,15+,16+,17-,19-,20+/m0/s1. The van der Waals surface area contributed by atoms with Crippen molar-refractivity contribution in [3.63, 3.8) is 0 Å². The monoisotopic (exact) mass is 520 g/mol. The molecule has 2 saturated carbocycles. The Balaban J connectivity index is 1.27. The van der Waals surface area contributed by atoms with Gasteiger partial charge in [-0.1, -0.05) is 24.8 Å². The fourth-order valence-corrected chi connectivity index (χ4v) is 6.01. The quantitative estimate of drug-likeness (QED) is 0.320. The minimum atomic E-state index is -0.843. The highest BCUT2D eigenvalue weighted by molar-refractivity contribution is 7.99. The van der Waals surface area contributed by atoms with Crippen molar-refractivity contribution in [2.75, 3.05) is 21.5 Å². The summed E-state index contributed by atoms with van der Waals surface area (Å²) in [6.45, 7) is 5.80. The fraction of sp³-hybridized carbons (Fsp3) is 0.583. The van der Waals surface area contributed by atoms with Gasteiger partial charge in [0.1, 0.15) is 17.9 Å². The Bertz CT molecular complexity index is 1170. The molecule has 3 heterocycles. The molecule has 0 amide bonds. The second-order valence-corrected chi connectivity index (χ2v) is 11.3. The molecule has 4 aliphatic rings. The van der Waals surface area contributed by atoms with Gasteiger partial charge in [-0.15, -0.1) is 5.53 Å². The topological polar surface area (TPSA) is 104 Å². The predicted octanol–water partition coefficient (Wildman–Crippen LogP) is 3.53. The number of ether oxygens (including phenoxy) is 2. The third-order valence-electron chi connectivity index (χ3n) is 7.06. The van der Waals surface area contributed by atoms with Gasteiger partial charge in [-0.05, 0) is 44.4 Å². The SMILES string of the molecule is CCCSc1nc(N[C@@H]2C[C@H]2c2ccc(F)c(F)c2)c2c(n1)N([C@@H]1C[C@H](O)[C@H]3OC(C)(C)O[C@H]31)NN2. The summed E-state index contributed by atoms with van der Waals surface area (Å²) in [5.74, 6) is -0.196. The molecule has 0 bridgehead atoms. The molecule has 2 aliphatic heterocycles. The maximum Gasteiger partial charge on any atom is 0.191 e. The number of rotatable bonds is 7. The summed E-state index contributed by atoms with van der Waals surface area (Å²) in [7, 11) is 0. The largest absolute Gasteiger partial charge is 0.390 e. The molecule has 36 heavy (non-hydrogen) atoms. The van der Waals surface area contributed by atoms with Crippen LogP contribution in [0.3, 0.4) is 0 Å². The van der Waals surface area contributed by atoms with Crippen LogP contribution in [0.2, 0.25) is 0 Å². The fourth-order valence-electron chi connectivity index (χ4n) is 5.31. The van der Waals surface area contributed by atoms with Crippen LogP contribution in [0.4, 0.5) is 26.1 Å². The number of fused-ring (bicyclic) bond motifs is 2. The van der Waals surface area contributed by atoms with E-state index in [4.69, 9.17) is 19.4 Å². The summed E-state index contributed by atoms with van der Waals surface area (Å²) in [5, 5.41) is 16.7. The lowest BCUT2D eigenvalue weighted by Gasteiger charge is -2.29. The molecule has 1 aromatic heterocycles. The highest BCUT2D eigenvalue weighted by Crippen LogP contribution is 2.47. The van der Waals surface area contributed by atoms with Crippen molar-refractivity contribution in [2.45, 2.75) is 87.3 Å². The van der Waals surface area contributed by atoms with Crippen LogP contribution < -0.4 is 21.3 Å². The zero-order valence-electron chi connectivity index (χ0n) is 20.3. The van der Waals surface area contributed by atoms with Gasteiger partial charge in [0, 0.05) is 24.1 Å². The number of thioether (sulfide) groups is 1. The highest BCUT2D eigenvalue weighted by atomic mass is 32.2. The molecule has 0 spiro atoms. The first-order valence-electron chi connectivity index (χ1n) is 12.3. The van der Waals surface area contributed by atoms with E-state index >= 15 is 0 Å². The van der Waals surface area contributed by atoms with Gasteiger partial charge in [0.2, 0.25) is 0 Å². The first kappa shape index (κ1) is 24.1. The number of halogens is 2. The summed E-state index contributed by atoms with van der Waals surface area (Å²) >= 11 is 1.57. The van der Waals surface area contributed by atoms with E-state index in [0.29, 0.717) is 28.9 Å². The van der Waals surface area contributed by atoms with Crippen LogP contribution in [0.1, 0.15) is 51.5 Å². The van der Waals surface area contributed by atoms with Crippen LogP contribution in [0, 0.1) is 11.6 Å². The molecule has 2 aliphatic carbocycles. The summed E-state index contributed by atoms with van der Waals surface area (Å²) < 4.78 is 39.2. The molecule has 3 fully saturated rings. The van der Waals surface area contributed by atoms with Gasteiger partial charge >= 0.3 is 0 Å². The first-order valence-corrected chi connectivity index (χ1v) is 13.3. The maximum absolute atomic E-state index is 13.8. The first-order chi connectivity index (χ1) is 17.2. The van der Waals surface area contributed by atoms with Crippen molar-refractivity contribution < 1.29 is 23.4 Å². The summed E-state index contributed by atoms with van der Waals surface area (Å²) in [6.07, 6.45) is 0.849. The molecular formula is C24H30F2N6O3S. The number of hydrazine groups is 2. The molecule has 0 radical (unpaired) electrons. The number of anilines is 3. The van der Waals surface area contributed by atoms with Crippen LogP contribution in [-0.2, 0) is 9.47 Å². The number of hydrogen-bond donors (Lipinski definition) is 4. The number of hydrogen-bond acceptors (Lipinski definition) is 10. The second kappa shape index (κ2) is 8.95. The lowest BCUT2D eigenvalue weighted by atomic mass is 10.1. The van der Waals surface area contributed by atoms with Crippen LogP contribution in [0.15, 0.2) is 23.4 Å². The Morgan fingerprint density at radius 2 is 2.00 bits per heavy atom. The Labute approximate surface area is 212 Å². The molecule has 1 aromatic carbocycles. The number of nitrogens with one attached hydrogen (secondary N) is 3. The molecular weight excluding hydrogens is 490 g/mol. The number of aromatic nitrogens is 2. The lowest BCUT2D eigenvalue weighted by molar-refractivity contribution is -0.163. The molecule has 4 N–H and O–H groups in total. The average molecular weight is 521 g/mol. The van der Waals surface area contributed by atoms with E-state index < -0.39 is 29.6 Å². The molecule has 1 saturated heterocycles. The zero-order valence-corrected chi connectivity index (χ0v) is 21.1. The minimum Gasteiger partial charge on any atom is -0.390 e. The number of aliphatic hydroxyl groups is 1. The van der Waals surface area contributed by atoms with E-state index in [0.717, 1.165) is 24.2 Å². The average Bonchev–Trinajstić information content (AvgIpc) is 3.19. The van der Waals surface area contributed by atoms with Crippen molar-refractivity contribution in [3.8, 4) is 0 Å².